The van der Waals surface area contributed by atoms with Crippen LogP contribution in [0.1, 0.15) is 25.0 Å². The summed E-state index contributed by atoms with van der Waals surface area (Å²) >= 11 is 0. The van der Waals surface area contributed by atoms with Gasteiger partial charge in [0, 0.05) is 5.56 Å². The molecule has 1 N–H and O–H groups in total. The zero-order valence-corrected chi connectivity index (χ0v) is 9.47. The highest BCUT2D eigenvalue weighted by atomic mass is 19.1. The molecule has 0 aromatic heterocycles. The molecule has 1 aromatic rings. The minimum absolute atomic E-state index is 0.0446. The predicted octanol–water partition coefficient (Wildman–Crippen LogP) is 2.93. The lowest BCUT2D eigenvalue weighted by atomic mass is 9.85. The van der Waals surface area contributed by atoms with E-state index < -0.39 is 23.0 Å². The van der Waals surface area contributed by atoms with Crippen LogP contribution >= 0.6 is 0 Å². The van der Waals surface area contributed by atoms with Gasteiger partial charge in [-0.25, -0.2) is 8.78 Å². The third-order valence-electron chi connectivity index (χ3n) is 2.57. The van der Waals surface area contributed by atoms with Crippen molar-refractivity contribution in [1.29, 1.82) is 0 Å². The lowest BCUT2D eigenvalue weighted by Gasteiger charge is -2.19. The fourth-order valence-electron chi connectivity index (χ4n) is 1.39. The Hall–Kier alpha value is -1.45. The van der Waals surface area contributed by atoms with Crippen LogP contribution in [0.2, 0.25) is 0 Å². The van der Waals surface area contributed by atoms with Gasteiger partial charge >= 0.3 is 5.97 Å². The molecular weight excluding hydrogens is 214 g/mol. The molecule has 0 heterocycles. The van der Waals surface area contributed by atoms with Crippen LogP contribution in [0.5, 0.6) is 0 Å². The average molecular weight is 228 g/mol. The molecule has 0 fully saturated rings. The number of carboxylic acids is 1. The fraction of sp³-hybridized carbons (Fsp3) is 0.417. The number of hydrogen-bond donors (Lipinski definition) is 1. The van der Waals surface area contributed by atoms with Gasteiger partial charge in [0.05, 0.1) is 5.41 Å². The molecule has 0 saturated heterocycles. The van der Waals surface area contributed by atoms with Crippen molar-refractivity contribution in [2.24, 2.45) is 5.41 Å². The molecule has 0 aliphatic rings. The molecule has 1 rings (SSSR count). The normalized spacial score (nSPS) is 11.6. The monoisotopic (exact) mass is 228 g/mol. The van der Waals surface area contributed by atoms with E-state index in [0.717, 1.165) is 0 Å². The Morgan fingerprint density at radius 3 is 2.12 bits per heavy atom. The Morgan fingerprint density at radius 2 is 1.75 bits per heavy atom. The van der Waals surface area contributed by atoms with E-state index in [4.69, 9.17) is 5.11 Å². The van der Waals surface area contributed by atoms with Crippen molar-refractivity contribution < 1.29 is 18.7 Å². The molecule has 0 aliphatic carbocycles. The molecule has 88 valence electrons. The minimum atomic E-state index is -1.03. The van der Waals surface area contributed by atoms with Gasteiger partial charge in [-0.05, 0) is 44.9 Å². The third kappa shape index (κ3) is 2.56. The minimum Gasteiger partial charge on any atom is -0.481 e. The van der Waals surface area contributed by atoms with E-state index in [9.17, 15) is 13.6 Å². The van der Waals surface area contributed by atoms with E-state index in [1.54, 1.807) is 0 Å². The number of halogens is 2. The summed E-state index contributed by atoms with van der Waals surface area (Å²) in [6, 6.07) is 2.37. The van der Waals surface area contributed by atoms with Crippen LogP contribution in [-0.4, -0.2) is 11.1 Å². The van der Waals surface area contributed by atoms with Crippen LogP contribution in [0, 0.1) is 24.0 Å². The summed E-state index contributed by atoms with van der Waals surface area (Å²) in [5.74, 6) is -2.28. The van der Waals surface area contributed by atoms with Crippen molar-refractivity contribution in [3.63, 3.8) is 0 Å². The van der Waals surface area contributed by atoms with Gasteiger partial charge in [0.2, 0.25) is 0 Å². The van der Waals surface area contributed by atoms with E-state index in [2.05, 4.69) is 0 Å². The van der Waals surface area contributed by atoms with Gasteiger partial charge in [-0.2, -0.15) is 0 Å². The summed E-state index contributed by atoms with van der Waals surface area (Å²) in [4.78, 5) is 10.9. The number of carboxylic acid groups (broad SMARTS) is 1. The van der Waals surface area contributed by atoms with Gasteiger partial charge in [-0.15, -0.1) is 0 Å². The summed E-state index contributed by atoms with van der Waals surface area (Å²) in [6.07, 6.45) is 0.0937. The summed E-state index contributed by atoms with van der Waals surface area (Å²) in [5.41, 5.74) is -0.724. The van der Waals surface area contributed by atoms with E-state index in [1.165, 1.54) is 32.9 Å². The molecule has 16 heavy (non-hydrogen) atoms. The molecule has 0 unspecified atom stereocenters. The Bertz CT molecular complexity index is 402. The maximum atomic E-state index is 13.2. The van der Waals surface area contributed by atoms with Gasteiger partial charge < -0.3 is 5.11 Å². The zero-order chi connectivity index (χ0) is 12.5. The first-order chi connectivity index (χ1) is 7.24. The van der Waals surface area contributed by atoms with E-state index >= 15 is 0 Å². The van der Waals surface area contributed by atoms with Crippen LogP contribution < -0.4 is 0 Å². The first-order valence-corrected chi connectivity index (χ1v) is 4.92. The first-order valence-electron chi connectivity index (χ1n) is 4.92. The fourth-order valence-corrected chi connectivity index (χ4v) is 1.39. The topological polar surface area (TPSA) is 37.3 Å². The van der Waals surface area contributed by atoms with Crippen LogP contribution in [0.4, 0.5) is 8.78 Å². The van der Waals surface area contributed by atoms with Crippen molar-refractivity contribution in [2.75, 3.05) is 0 Å². The molecule has 0 aliphatic heterocycles. The summed E-state index contributed by atoms with van der Waals surface area (Å²) in [5, 5.41) is 8.91. The molecule has 0 saturated carbocycles. The highest BCUT2D eigenvalue weighted by molar-refractivity contribution is 5.74. The lowest BCUT2D eigenvalue weighted by molar-refractivity contribution is -0.146. The molecule has 0 radical (unpaired) electrons. The van der Waals surface area contributed by atoms with Gasteiger partial charge in [0.1, 0.15) is 11.6 Å². The van der Waals surface area contributed by atoms with Crippen molar-refractivity contribution in [3.05, 3.63) is 34.9 Å². The second-order valence-corrected chi connectivity index (χ2v) is 4.55. The van der Waals surface area contributed by atoms with Gasteiger partial charge in [-0.1, -0.05) is 0 Å². The van der Waals surface area contributed by atoms with Crippen LogP contribution in [0.15, 0.2) is 12.1 Å². The number of aliphatic carboxylic acids is 1. The maximum Gasteiger partial charge on any atom is 0.309 e. The maximum absolute atomic E-state index is 13.2. The first kappa shape index (κ1) is 12.6. The summed E-state index contributed by atoms with van der Waals surface area (Å²) < 4.78 is 26.5. The lowest BCUT2D eigenvalue weighted by Crippen LogP contribution is -2.26. The van der Waals surface area contributed by atoms with Gasteiger partial charge in [0.15, 0.2) is 0 Å². The molecule has 0 bridgehead atoms. The molecule has 0 atom stereocenters. The van der Waals surface area contributed by atoms with Crippen molar-refractivity contribution in [1.82, 2.24) is 0 Å². The van der Waals surface area contributed by atoms with E-state index in [1.807, 2.05) is 0 Å². The van der Waals surface area contributed by atoms with Crippen LogP contribution in [-0.2, 0) is 11.2 Å². The SMILES string of the molecule is Cc1c(F)cc(CC(C)(C)C(=O)O)cc1F. The van der Waals surface area contributed by atoms with Crippen molar-refractivity contribution in [3.8, 4) is 0 Å². The standard InChI is InChI=1S/C12H14F2O2/c1-7-9(13)4-8(5-10(7)14)6-12(2,3)11(15)16/h4-5H,6H2,1-3H3,(H,15,16). The Kier molecular flexibility index (Phi) is 3.31. The number of rotatable bonds is 3. The summed E-state index contributed by atoms with van der Waals surface area (Å²) in [6.45, 7) is 4.38. The summed E-state index contributed by atoms with van der Waals surface area (Å²) in [7, 11) is 0. The highest BCUT2D eigenvalue weighted by Gasteiger charge is 2.27. The quantitative estimate of drug-likeness (QED) is 0.863. The highest BCUT2D eigenvalue weighted by Crippen LogP contribution is 2.24. The van der Waals surface area contributed by atoms with E-state index in [0.29, 0.717) is 5.56 Å². The third-order valence-corrected chi connectivity index (χ3v) is 2.57. The van der Waals surface area contributed by atoms with Crippen LogP contribution in [0.3, 0.4) is 0 Å². The van der Waals surface area contributed by atoms with Crippen molar-refractivity contribution >= 4 is 5.97 Å². The Morgan fingerprint density at radius 1 is 1.31 bits per heavy atom. The van der Waals surface area contributed by atoms with Gasteiger partial charge in [0.25, 0.3) is 0 Å². The average Bonchev–Trinajstić information content (AvgIpc) is 2.13. The largest absolute Gasteiger partial charge is 0.481 e. The van der Waals surface area contributed by atoms with Crippen molar-refractivity contribution in [2.45, 2.75) is 27.2 Å². The van der Waals surface area contributed by atoms with E-state index in [-0.39, 0.29) is 12.0 Å². The second kappa shape index (κ2) is 4.20. The number of benzene rings is 1. The smallest absolute Gasteiger partial charge is 0.309 e. The predicted molar refractivity (Wildman–Crippen MR) is 56.2 cm³/mol. The molecular formula is C12H14F2O2. The number of hydrogen-bond acceptors (Lipinski definition) is 1. The molecule has 1 aromatic carbocycles. The molecule has 4 heteroatoms. The zero-order valence-electron chi connectivity index (χ0n) is 9.47. The molecule has 0 spiro atoms. The van der Waals surface area contributed by atoms with Crippen LogP contribution in [0.25, 0.3) is 0 Å². The van der Waals surface area contributed by atoms with Gasteiger partial charge in [-0.3, -0.25) is 4.79 Å². The molecule has 0 amide bonds. The second-order valence-electron chi connectivity index (χ2n) is 4.55. The molecule has 2 nitrogen and oxygen atoms in total. The number of carbonyl (C=O) groups is 1. The Balaban J connectivity index is 3.04. The Labute approximate surface area is 92.9 Å².